The van der Waals surface area contributed by atoms with Gasteiger partial charge in [-0.3, -0.25) is 0 Å². The summed E-state index contributed by atoms with van der Waals surface area (Å²) in [6.07, 6.45) is 0.579. The smallest absolute Gasteiger partial charge is 0.161 e. The van der Waals surface area contributed by atoms with E-state index in [2.05, 4.69) is 6.07 Å². The van der Waals surface area contributed by atoms with Crippen molar-refractivity contribution in [3.05, 3.63) is 52.5 Å². The van der Waals surface area contributed by atoms with E-state index in [1.54, 1.807) is 19.2 Å². The molecule has 1 atom stereocenters. The van der Waals surface area contributed by atoms with Gasteiger partial charge in [0.15, 0.2) is 11.5 Å². The first-order valence-corrected chi connectivity index (χ1v) is 7.70. The molecule has 23 heavy (non-hydrogen) atoms. The van der Waals surface area contributed by atoms with E-state index in [0.717, 1.165) is 22.6 Å². The summed E-state index contributed by atoms with van der Waals surface area (Å²) in [5, 5.41) is 10.0. The van der Waals surface area contributed by atoms with Crippen molar-refractivity contribution >= 4 is 11.6 Å². The molecular weight excluding hydrogens is 314 g/mol. The van der Waals surface area contributed by atoms with Gasteiger partial charge in [-0.25, -0.2) is 0 Å². The standard InChI is InChI=1S/C18H16ClNO3/c1-21-16-5-3-13(10-15(16)19)14(11-20)8-12-2-4-17-18(9-12)23-7-6-22-17/h2-5,9-10,14H,6-8H2,1H3. The van der Waals surface area contributed by atoms with Gasteiger partial charge in [0.05, 0.1) is 24.1 Å². The van der Waals surface area contributed by atoms with Crippen LogP contribution in [0.5, 0.6) is 17.2 Å². The number of benzene rings is 2. The molecule has 0 saturated carbocycles. The quantitative estimate of drug-likeness (QED) is 0.851. The van der Waals surface area contributed by atoms with Crippen molar-refractivity contribution in [1.29, 1.82) is 5.26 Å². The molecule has 0 aromatic heterocycles. The predicted molar refractivity (Wildman–Crippen MR) is 87.5 cm³/mol. The summed E-state index contributed by atoms with van der Waals surface area (Å²) < 4.78 is 16.3. The monoisotopic (exact) mass is 329 g/mol. The topological polar surface area (TPSA) is 51.5 Å². The highest BCUT2D eigenvalue weighted by Gasteiger charge is 2.17. The molecule has 4 nitrogen and oxygen atoms in total. The molecule has 0 amide bonds. The Labute approximate surface area is 140 Å². The zero-order chi connectivity index (χ0) is 16.2. The lowest BCUT2D eigenvalue weighted by Gasteiger charge is -2.19. The number of rotatable bonds is 4. The van der Waals surface area contributed by atoms with Crippen LogP contribution in [0.2, 0.25) is 5.02 Å². The van der Waals surface area contributed by atoms with Gasteiger partial charge in [-0.2, -0.15) is 5.26 Å². The predicted octanol–water partition coefficient (Wildman–Crippen LogP) is 3.97. The van der Waals surface area contributed by atoms with Crippen molar-refractivity contribution in [2.75, 3.05) is 20.3 Å². The fraction of sp³-hybridized carbons (Fsp3) is 0.278. The molecule has 1 unspecified atom stereocenters. The molecule has 2 aromatic carbocycles. The Kier molecular flexibility index (Phi) is 4.59. The number of methoxy groups -OCH3 is 1. The molecule has 0 radical (unpaired) electrons. The van der Waals surface area contributed by atoms with Gasteiger partial charge >= 0.3 is 0 Å². The van der Waals surface area contributed by atoms with E-state index in [9.17, 15) is 5.26 Å². The summed E-state index contributed by atoms with van der Waals surface area (Å²) >= 11 is 6.16. The first kappa shape index (κ1) is 15.5. The van der Waals surface area contributed by atoms with Gasteiger partial charge in [-0.1, -0.05) is 23.7 Å². The number of nitrogens with zero attached hydrogens (tertiary/aromatic N) is 1. The third-order valence-electron chi connectivity index (χ3n) is 3.78. The van der Waals surface area contributed by atoms with Crippen molar-refractivity contribution in [3.8, 4) is 23.3 Å². The average molecular weight is 330 g/mol. The second-order valence-corrected chi connectivity index (χ2v) is 5.67. The molecular formula is C18H16ClNO3. The molecule has 0 fully saturated rings. The summed E-state index contributed by atoms with van der Waals surface area (Å²) in [5.74, 6) is 1.80. The maximum atomic E-state index is 9.52. The van der Waals surface area contributed by atoms with Crippen molar-refractivity contribution in [1.82, 2.24) is 0 Å². The van der Waals surface area contributed by atoms with E-state index in [-0.39, 0.29) is 5.92 Å². The molecule has 1 aliphatic heterocycles. The van der Waals surface area contributed by atoms with Gasteiger partial charge in [0.25, 0.3) is 0 Å². The van der Waals surface area contributed by atoms with Gasteiger partial charge in [0, 0.05) is 0 Å². The van der Waals surface area contributed by atoms with E-state index in [1.165, 1.54) is 0 Å². The summed E-state index contributed by atoms with van der Waals surface area (Å²) in [6.45, 7) is 1.11. The maximum Gasteiger partial charge on any atom is 0.161 e. The van der Waals surface area contributed by atoms with Crippen LogP contribution in [0, 0.1) is 11.3 Å². The summed E-state index contributed by atoms with van der Waals surface area (Å²) in [4.78, 5) is 0. The second kappa shape index (κ2) is 6.80. The highest BCUT2D eigenvalue weighted by molar-refractivity contribution is 6.32. The van der Waals surface area contributed by atoms with Gasteiger partial charge < -0.3 is 14.2 Å². The Balaban J connectivity index is 1.82. The Morgan fingerprint density at radius 3 is 2.65 bits per heavy atom. The summed E-state index contributed by atoms with van der Waals surface area (Å²) in [5.41, 5.74) is 1.89. The number of halogens is 1. The minimum atomic E-state index is -0.291. The van der Waals surface area contributed by atoms with Crippen molar-refractivity contribution in [2.24, 2.45) is 0 Å². The third kappa shape index (κ3) is 3.35. The first-order valence-electron chi connectivity index (χ1n) is 7.33. The fourth-order valence-electron chi connectivity index (χ4n) is 2.59. The summed E-state index contributed by atoms with van der Waals surface area (Å²) in [7, 11) is 1.57. The van der Waals surface area contributed by atoms with Crippen LogP contribution in [0.1, 0.15) is 17.0 Å². The Hall–Kier alpha value is -2.38. The molecule has 0 spiro atoms. The fourth-order valence-corrected chi connectivity index (χ4v) is 2.85. The van der Waals surface area contributed by atoms with Crippen LogP contribution in [-0.2, 0) is 6.42 Å². The van der Waals surface area contributed by atoms with Crippen LogP contribution in [0.25, 0.3) is 0 Å². The lowest BCUT2D eigenvalue weighted by atomic mass is 9.93. The highest BCUT2D eigenvalue weighted by atomic mass is 35.5. The van der Waals surface area contributed by atoms with E-state index in [4.69, 9.17) is 25.8 Å². The first-order chi connectivity index (χ1) is 11.2. The lowest BCUT2D eigenvalue weighted by molar-refractivity contribution is 0.171. The van der Waals surface area contributed by atoms with Crippen molar-refractivity contribution in [2.45, 2.75) is 12.3 Å². The lowest BCUT2D eigenvalue weighted by Crippen LogP contribution is -2.15. The largest absolute Gasteiger partial charge is 0.495 e. The molecule has 2 aromatic rings. The summed E-state index contributed by atoms with van der Waals surface area (Å²) in [6, 6.07) is 13.6. The van der Waals surface area contributed by atoms with E-state index in [1.807, 2.05) is 24.3 Å². The maximum absolute atomic E-state index is 9.52. The second-order valence-electron chi connectivity index (χ2n) is 5.26. The molecule has 1 aliphatic rings. The van der Waals surface area contributed by atoms with Crippen LogP contribution < -0.4 is 14.2 Å². The SMILES string of the molecule is COc1ccc(C(C#N)Cc2ccc3c(c2)OCCO3)cc1Cl. The molecule has 0 bridgehead atoms. The minimum Gasteiger partial charge on any atom is -0.495 e. The zero-order valence-electron chi connectivity index (χ0n) is 12.7. The van der Waals surface area contributed by atoms with E-state index < -0.39 is 0 Å². The number of fused-ring (bicyclic) bond motifs is 1. The highest BCUT2D eigenvalue weighted by Crippen LogP contribution is 2.34. The van der Waals surface area contributed by atoms with Crippen LogP contribution in [0.15, 0.2) is 36.4 Å². The number of nitriles is 1. The molecule has 0 N–H and O–H groups in total. The Morgan fingerprint density at radius 2 is 1.96 bits per heavy atom. The molecule has 118 valence electrons. The molecule has 0 saturated heterocycles. The van der Waals surface area contributed by atoms with Gasteiger partial charge in [-0.15, -0.1) is 0 Å². The van der Waals surface area contributed by atoms with Gasteiger partial charge in [-0.05, 0) is 41.8 Å². The number of hydrogen-bond acceptors (Lipinski definition) is 4. The minimum absolute atomic E-state index is 0.291. The van der Waals surface area contributed by atoms with Gasteiger partial charge in [0.2, 0.25) is 0 Å². The molecule has 0 aliphatic carbocycles. The van der Waals surface area contributed by atoms with Gasteiger partial charge in [0.1, 0.15) is 19.0 Å². The molecule has 3 rings (SSSR count). The zero-order valence-corrected chi connectivity index (χ0v) is 13.5. The van der Waals surface area contributed by atoms with Crippen molar-refractivity contribution in [3.63, 3.8) is 0 Å². The van der Waals surface area contributed by atoms with Crippen LogP contribution in [-0.4, -0.2) is 20.3 Å². The molecule has 1 heterocycles. The molecule has 5 heteroatoms. The van der Waals surface area contributed by atoms with Crippen LogP contribution in [0.3, 0.4) is 0 Å². The normalized spacial score (nSPS) is 14.0. The van der Waals surface area contributed by atoms with Crippen molar-refractivity contribution < 1.29 is 14.2 Å². The number of ether oxygens (including phenoxy) is 3. The number of hydrogen-bond donors (Lipinski definition) is 0. The van der Waals surface area contributed by atoms with E-state index >= 15 is 0 Å². The van der Waals surface area contributed by atoms with E-state index in [0.29, 0.717) is 30.4 Å². The Morgan fingerprint density at radius 1 is 1.17 bits per heavy atom. The third-order valence-corrected chi connectivity index (χ3v) is 4.08. The average Bonchev–Trinajstić information content (AvgIpc) is 2.59. The Bertz CT molecular complexity index is 754. The van der Waals surface area contributed by atoms with Crippen LogP contribution >= 0.6 is 11.6 Å². The van der Waals surface area contributed by atoms with Crippen LogP contribution in [0.4, 0.5) is 0 Å².